The molecule has 6 heteroatoms. The first kappa shape index (κ1) is 13.9. The molecule has 1 aliphatic heterocycles. The predicted octanol–water partition coefficient (Wildman–Crippen LogP) is 1.75. The average Bonchev–Trinajstić information content (AvgIpc) is 2.37. The summed E-state index contributed by atoms with van der Waals surface area (Å²) in [6.45, 7) is 5.57. The number of nitrogens with zero attached hydrogens (tertiary/aromatic N) is 2. The van der Waals surface area contributed by atoms with Gasteiger partial charge in [-0.2, -0.15) is 11.8 Å². The molecule has 0 saturated carbocycles. The van der Waals surface area contributed by atoms with E-state index in [0.29, 0.717) is 29.2 Å². The van der Waals surface area contributed by atoms with Crippen LogP contribution < -0.4 is 0 Å². The second-order valence-corrected chi connectivity index (χ2v) is 6.58. The number of hydrogen-bond acceptors (Lipinski definition) is 4. The molecule has 0 aromatic carbocycles. The fourth-order valence-corrected chi connectivity index (χ4v) is 3.53. The first-order chi connectivity index (χ1) is 8.97. The quantitative estimate of drug-likeness (QED) is 0.893. The summed E-state index contributed by atoms with van der Waals surface area (Å²) < 4.78 is 0. The fraction of sp³-hybridized carbons (Fsp3) is 0.462. The normalized spacial score (nSPS) is 23.2. The van der Waals surface area contributed by atoms with Gasteiger partial charge in [0, 0.05) is 35.3 Å². The van der Waals surface area contributed by atoms with Crippen LogP contribution >= 0.6 is 11.8 Å². The zero-order chi connectivity index (χ0) is 14.0. The first-order valence-electron chi connectivity index (χ1n) is 6.11. The van der Waals surface area contributed by atoms with Crippen molar-refractivity contribution in [1.82, 2.24) is 9.88 Å². The van der Waals surface area contributed by atoms with Crippen molar-refractivity contribution in [2.75, 3.05) is 13.1 Å². The van der Waals surface area contributed by atoms with Crippen molar-refractivity contribution in [3.8, 4) is 0 Å². The van der Waals surface area contributed by atoms with Crippen LogP contribution in [-0.4, -0.2) is 50.5 Å². The van der Waals surface area contributed by atoms with Crippen molar-refractivity contribution in [3.05, 3.63) is 29.6 Å². The van der Waals surface area contributed by atoms with Gasteiger partial charge in [0.2, 0.25) is 0 Å². The highest BCUT2D eigenvalue weighted by molar-refractivity contribution is 8.00. The number of rotatable bonds is 2. The lowest BCUT2D eigenvalue weighted by atomic mass is 10.2. The Morgan fingerprint density at radius 2 is 2.00 bits per heavy atom. The molecule has 0 spiro atoms. The Morgan fingerprint density at radius 3 is 2.58 bits per heavy atom. The summed E-state index contributed by atoms with van der Waals surface area (Å²) in [4.78, 5) is 28.7. The van der Waals surface area contributed by atoms with E-state index in [9.17, 15) is 9.59 Å². The summed E-state index contributed by atoms with van der Waals surface area (Å²) in [5.41, 5.74) is 0.289. The summed E-state index contributed by atoms with van der Waals surface area (Å²) in [5.74, 6) is -1.24. The molecule has 1 aromatic rings. The number of thioether (sulfide) groups is 1. The Labute approximate surface area is 116 Å². The van der Waals surface area contributed by atoms with Crippen LogP contribution in [0, 0.1) is 0 Å². The SMILES string of the molecule is CC1CN(C(=O)c2ccnc(C(=O)O)c2)CC(C)S1. The third-order valence-corrected chi connectivity index (χ3v) is 4.16. The van der Waals surface area contributed by atoms with Crippen LogP contribution in [-0.2, 0) is 0 Å². The smallest absolute Gasteiger partial charge is 0.354 e. The van der Waals surface area contributed by atoms with Gasteiger partial charge in [-0.1, -0.05) is 13.8 Å². The highest BCUT2D eigenvalue weighted by Crippen LogP contribution is 2.25. The third kappa shape index (κ3) is 3.26. The Kier molecular flexibility index (Phi) is 4.09. The lowest BCUT2D eigenvalue weighted by Crippen LogP contribution is -2.44. The second-order valence-electron chi connectivity index (χ2n) is 4.70. The molecule has 0 aliphatic carbocycles. The Bertz CT molecular complexity index is 496. The van der Waals surface area contributed by atoms with Crippen LogP contribution in [0.2, 0.25) is 0 Å². The van der Waals surface area contributed by atoms with Crippen LogP contribution in [0.3, 0.4) is 0 Å². The number of hydrogen-bond donors (Lipinski definition) is 1. The molecule has 2 rings (SSSR count). The minimum absolute atomic E-state index is 0.0988. The predicted molar refractivity (Wildman–Crippen MR) is 73.6 cm³/mol. The van der Waals surface area contributed by atoms with Crippen molar-refractivity contribution in [3.63, 3.8) is 0 Å². The molecular formula is C13H16N2O3S. The minimum Gasteiger partial charge on any atom is -0.477 e. The molecule has 1 amide bonds. The molecule has 102 valence electrons. The van der Waals surface area contributed by atoms with Gasteiger partial charge in [0.25, 0.3) is 5.91 Å². The van der Waals surface area contributed by atoms with E-state index in [1.54, 1.807) is 11.0 Å². The zero-order valence-corrected chi connectivity index (χ0v) is 11.7. The number of aromatic nitrogens is 1. The van der Waals surface area contributed by atoms with Crippen molar-refractivity contribution in [2.45, 2.75) is 24.3 Å². The van der Waals surface area contributed by atoms with Gasteiger partial charge < -0.3 is 10.0 Å². The average molecular weight is 280 g/mol. The van der Waals surface area contributed by atoms with Gasteiger partial charge in [0.15, 0.2) is 0 Å². The Morgan fingerprint density at radius 1 is 1.37 bits per heavy atom. The number of pyridine rings is 1. The molecule has 2 unspecified atom stereocenters. The molecular weight excluding hydrogens is 264 g/mol. The molecule has 1 fully saturated rings. The lowest BCUT2D eigenvalue weighted by Gasteiger charge is -2.34. The van der Waals surface area contributed by atoms with E-state index >= 15 is 0 Å². The lowest BCUT2D eigenvalue weighted by molar-refractivity contribution is 0.0690. The molecule has 0 radical (unpaired) electrons. The molecule has 19 heavy (non-hydrogen) atoms. The van der Waals surface area contributed by atoms with Gasteiger partial charge in [-0.3, -0.25) is 4.79 Å². The number of aromatic carboxylic acids is 1. The largest absolute Gasteiger partial charge is 0.477 e. The van der Waals surface area contributed by atoms with Crippen molar-refractivity contribution >= 4 is 23.6 Å². The number of carbonyl (C=O) groups excluding carboxylic acids is 1. The van der Waals surface area contributed by atoms with Gasteiger partial charge in [0.05, 0.1) is 0 Å². The van der Waals surface area contributed by atoms with E-state index in [1.165, 1.54) is 12.3 Å². The number of amides is 1. The number of carbonyl (C=O) groups is 2. The minimum atomic E-state index is -1.12. The molecule has 2 atom stereocenters. The van der Waals surface area contributed by atoms with Gasteiger partial charge in [-0.15, -0.1) is 0 Å². The van der Waals surface area contributed by atoms with Gasteiger partial charge in [-0.05, 0) is 12.1 Å². The number of carboxylic acid groups (broad SMARTS) is 1. The highest BCUT2D eigenvalue weighted by Gasteiger charge is 2.26. The topological polar surface area (TPSA) is 70.5 Å². The Hall–Kier alpha value is -1.56. The van der Waals surface area contributed by atoms with Crippen molar-refractivity contribution in [2.24, 2.45) is 0 Å². The molecule has 1 saturated heterocycles. The van der Waals surface area contributed by atoms with Crippen molar-refractivity contribution in [1.29, 1.82) is 0 Å². The summed E-state index contributed by atoms with van der Waals surface area (Å²) in [6, 6.07) is 2.90. The van der Waals surface area contributed by atoms with E-state index in [4.69, 9.17) is 5.11 Å². The van der Waals surface area contributed by atoms with Crippen LogP contribution in [0.4, 0.5) is 0 Å². The monoisotopic (exact) mass is 280 g/mol. The summed E-state index contributed by atoms with van der Waals surface area (Å²) in [5, 5.41) is 9.69. The number of carboxylic acids is 1. The molecule has 1 aliphatic rings. The summed E-state index contributed by atoms with van der Waals surface area (Å²) in [6.07, 6.45) is 1.36. The van der Waals surface area contributed by atoms with E-state index in [1.807, 2.05) is 11.8 Å². The van der Waals surface area contributed by atoms with Crippen LogP contribution in [0.15, 0.2) is 18.3 Å². The van der Waals surface area contributed by atoms with Crippen LogP contribution in [0.25, 0.3) is 0 Å². The van der Waals surface area contributed by atoms with Crippen LogP contribution in [0.1, 0.15) is 34.7 Å². The fourth-order valence-electron chi connectivity index (χ4n) is 2.21. The summed E-state index contributed by atoms with van der Waals surface area (Å²) in [7, 11) is 0. The molecule has 1 aromatic heterocycles. The van der Waals surface area contributed by atoms with Gasteiger partial charge >= 0.3 is 5.97 Å². The standard InChI is InChI=1S/C13H16N2O3S/c1-8-6-15(7-9(2)19-8)12(16)10-3-4-14-11(5-10)13(17)18/h3-5,8-9H,6-7H2,1-2H3,(H,17,18). The maximum absolute atomic E-state index is 12.4. The molecule has 1 N–H and O–H groups in total. The van der Waals surface area contributed by atoms with E-state index in [0.717, 1.165) is 0 Å². The van der Waals surface area contributed by atoms with E-state index in [2.05, 4.69) is 18.8 Å². The molecule has 0 bridgehead atoms. The van der Waals surface area contributed by atoms with Crippen molar-refractivity contribution < 1.29 is 14.7 Å². The zero-order valence-electron chi connectivity index (χ0n) is 10.9. The van der Waals surface area contributed by atoms with E-state index in [-0.39, 0.29) is 11.6 Å². The van der Waals surface area contributed by atoms with Crippen LogP contribution in [0.5, 0.6) is 0 Å². The van der Waals surface area contributed by atoms with Gasteiger partial charge in [0.1, 0.15) is 5.69 Å². The molecule has 5 nitrogen and oxygen atoms in total. The van der Waals surface area contributed by atoms with Gasteiger partial charge in [-0.25, -0.2) is 9.78 Å². The summed E-state index contributed by atoms with van der Waals surface area (Å²) >= 11 is 1.87. The van der Waals surface area contributed by atoms with E-state index < -0.39 is 5.97 Å². The third-order valence-electron chi connectivity index (χ3n) is 2.93. The maximum atomic E-state index is 12.4. The maximum Gasteiger partial charge on any atom is 0.354 e. The molecule has 2 heterocycles. The highest BCUT2D eigenvalue weighted by atomic mass is 32.2. The first-order valence-corrected chi connectivity index (χ1v) is 7.05. The second kappa shape index (κ2) is 5.61. The Balaban J connectivity index is 2.19.